The number of halogens is 4. The number of hydrogen-bond donors (Lipinski definition) is 2. The molecule has 0 aliphatic rings. The van der Waals surface area contributed by atoms with Crippen LogP contribution in [0.25, 0.3) is 11.3 Å². The zero-order chi connectivity index (χ0) is 22.6. The molecule has 1 amide bonds. The Morgan fingerprint density at radius 1 is 1.26 bits per heavy atom. The number of nitrogens with zero attached hydrogens (tertiary/aromatic N) is 3. The van der Waals surface area contributed by atoms with Crippen molar-refractivity contribution in [2.24, 2.45) is 7.05 Å². The van der Waals surface area contributed by atoms with Crippen molar-refractivity contribution >= 4 is 17.5 Å². The van der Waals surface area contributed by atoms with Crippen LogP contribution in [0.4, 0.5) is 13.2 Å². The summed E-state index contributed by atoms with van der Waals surface area (Å²) in [4.78, 5) is 19.8. The molecule has 3 rings (SSSR count). The second kappa shape index (κ2) is 9.11. The van der Waals surface area contributed by atoms with Gasteiger partial charge in [0.15, 0.2) is 11.7 Å². The fourth-order valence-corrected chi connectivity index (χ4v) is 3.14. The minimum absolute atomic E-state index is 0.0343. The van der Waals surface area contributed by atoms with Crippen LogP contribution in [0.15, 0.2) is 47.3 Å². The Morgan fingerprint density at radius 3 is 2.58 bits per heavy atom. The molecule has 2 aromatic heterocycles. The summed E-state index contributed by atoms with van der Waals surface area (Å²) in [6.07, 6.45) is -1.60. The second-order valence-corrected chi connectivity index (χ2v) is 7.38. The molecule has 0 fully saturated rings. The highest BCUT2D eigenvalue weighted by molar-refractivity contribution is 6.30. The molecule has 31 heavy (non-hydrogen) atoms. The molecule has 0 bridgehead atoms. The topological polar surface area (TPSA) is 93.2 Å². The van der Waals surface area contributed by atoms with E-state index in [1.165, 1.54) is 25.6 Å². The van der Waals surface area contributed by atoms with Crippen molar-refractivity contribution in [1.82, 2.24) is 19.9 Å². The van der Waals surface area contributed by atoms with Crippen LogP contribution in [0.3, 0.4) is 0 Å². The zero-order valence-electron chi connectivity index (χ0n) is 16.5. The second-order valence-electron chi connectivity index (χ2n) is 6.94. The number of aryl methyl sites for hydroxylation is 2. The average Bonchev–Trinajstić information content (AvgIpc) is 3.35. The van der Waals surface area contributed by atoms with Gasteiger partial charge in [-0.05, 0) is 24.3 Å². The quantitative estimate of drug-likeness (QED) is 0.540. The van der Waals surface area contributed by atoms with Gasteiger partial charge >= 0.3 is 6.18 Å². The lowest BCUT2D eigenvalue weighted by Gasteiger charge is -2.29. The van der Waals surface area contributed by atoms with Crippen LogP contribution in [0.2, 0.25) is 5.02 Å². The highest BCUT2D eigenvalue weighted by Gasteiger charge is 2.57. The number of carbonyl (C=O) groups is 1. The number of hydrogen-bond acceptors (Lipinski definition) is 5. The van der Waals surface area contributed by atoms with E-state index in [9.17, 15) is 23.1 Å². The Bertz CT molecular complexity index is 1030. The molecule has 2 N–H and O–H groups in total. The van der Waals surface area contributed by atoms with Crippen LogP contribution in [0.5, 0.6) is 0 Å². The van der Waals surface area contributed by atoms with Crippen LogP contribution in [-0.2, 0) is 23.9 Å². The summed E-state index contributed by atoms with van der Waals surface area (Å²) in [5, 5.41) is 13.2. The van der Waals surface area contributed by atoms with Crippen LogP contribution >= 0.6 is 11.6 Å². The van der Waals surface area contributed by atoms with E-state index < -0.39 is 29.9 Å². The third kappa shape index (κ3) is 5.26. The molecule has 0 saturated carbocycles. The van der Waals surface area contributed by atoms with E-state index in [0.717, 1.165) is 10.1 Å². The maximum atomic E-state index is 13.5. The number of imidazole rings is 1. The zero-order valence-corrected chi connectivity index (χ0v) is 17.2. The number of benzene rings is 1. The van der Waals surface area contributed by atoms with Crippen molar-refractivity contribution < 1.29 is 27.5 Å². The monoisotopic (exact) mass is 456 g/mol. The maximum absolute atomic E-state index is 13.5. The molecule has 11 heteroatoms. The molecular weight excluding hydrogens is 437 g/mol. The number of aromatic nitrogens is 3. The maximum Gasteiger partial charge on any atom is 0.424 e. The summed E-state index contributed by atoms with van der Waals surface area (Å²) in [6, 6.07) is 6.95. The van der Waals surface area contributed by atoms with Crippen molar-refractivity contribution in [2.45, 2.75) is 31.0 Å². The molecule has 1 atom stereocenters. The molecule has 0 saturated heterocycles. The van der Waals surface area contributed by atoms with Gasteiger partial charge in [0.1, 0.15) is 5.82 Å². The molecule has 0 aliphatic carbocycles. The van der Waals surface area contributed by atoms with Crippen LogP contribution < -0.4 is 5.32 Å². The van der Waals surface area contributed by atoms with Crippen LogP contribution in [0, 0.1) is 0 Å². The summed E-state index contributed by atoms with van der Waals surface area (Å²) in [7, 11) is 1.35. The highest BCUT2D eigenvalue weighted by Crippen LogP contribution is 2.40. The number of alkyl halides is 3. The van der Waals surface area contributed by atoms with Gasteiger partial charge in [-0.3, -0.25) is 4.79 Å². The normalized spacial score (nSPS) is 13.7. The summed E-state index contributed by atoms with van der Waals surface area (Å²) >= 11 is 5.85. The predicted octanol–water partition coefficient (Wildman–Crippen LogP) is 3.62. The Hall–Kier alpha value is -2.85. The first kappa shape index (κ1) is 22.8. The summed E-state index contributed by atoms with van der Waals surface area (Å²) in [6.45, 7) is -0.386. The number of rotatable bonds is 8. The molecule has 2 heterocycles. The number of oxazole rings is 1. The Labute approximate surface area is 180 Å². The van der Waals surface area contributed by atoms with Crippen molar-refractivity contribution in [2.75, 3.05) is 6.54 Å². The summed E-state index contributed by atoms with van der Waals surface area (Å²) in [5.74, 6) is -0.198. The molecule has 166 valence electrons. The Kier molecular flexibility index (Phi) is 6.71. The molecule has 0 spiro atoms. The predicted molar refractivity (Wildman–Crippen MR) is 106 cm³/mol. The fraction of sp³-hybridized carbons (Fsp3) is 0.350. The van der Waals surface area contributed by atoms with Gasteiger partial charge in [-0.25, -0.2) is 9.97 Å². The van der Waals surface area contributed by atoms with E-state index >= 15 is 0 Å². The van der Waals surface area contributed by atoms with Crippen molar-refractivity contribution in [1.29, 1.82) is 0 Å². The lowest BCUT2D eigenvalue weighted by Crippen LogP contribution is -2.46. The SMILES string of the molecule is Cn1ccnc1C(O)(CCNC(=O)CCc1ncc(-c2ccc(Cl)cc2)o1)C(F)(F)F. The van der Waals surface area contributed by atoms with Crippen molar-refractivity contribution in [3.8, 4) is 11.3 Å². The van der Waals surface area contributed by atoms with Crippen LogP contribution in [-0.4, -0.2) is 38.3 Å². The van der Waals surface area contributed by atoms with Gasteiger partial charge in [0.25, 0.3) is 0 Å². The molecule has 1 unspecified atom stereocenters. The largest absolute Gasteiger partial charge is 0.441 e. The van der Waals surface area contributed by atoms with E-state index in [4.69, 9.17) is 16.0 Å². The van der Waals surface area contributed by atoms with Gasteiger partial charge in [0, 0.05) is 55.8 Å². The molecular formula is C20H20ClF3N4O3. The van der Waals surface area contributed by atoms with Gasteiger partial charge in [0.2, 0.25) is 11.5 Å². The highest BCUT2D eigenvalue weighted by atomic mass is 35.5. The van der Waals surface area contributed by atoms with Crippen molar-refractivity contribution in [3.63, 3.8) is 0 Å². The van der Waals surface area contributed by atoms with E-state index in [-0.39, 0.29) is 19.4 Å². The minimum atomic E-state index is -4.95. The van der Waals surface area contributed by atoms with E-state index in [0.29, 0.717) is 16.7 Å². The average molecular weight is 457 g/mol. The van der Waals surface area contributed by atoms with E-state index in [1.54, 1.807) is 24.3 Å². The Balaban J connectivity index is 1.52. The molecule has 3 aromatic rings. The third-order valence-corrected chi connectivity index (χ3v) is 4.97. The minimum Gasteiger partial charge on any atom is -0.441 e. The first-order valence-corrected chi connectivity index (χ1v) is 9.72. The van der Waals surface area contributed by atoms with E-state index in [1.807, 2.05) is 0 Å². The third-order valence-electron chi connectivity index (χ3n) is 4.72. The van der Waals surface area contributed by atoms with Gasteiger partial charge in [-0.15, -0.1) is 0 Å². The molecule has 0 aliphatic heterocycles. The van der Waals surface area contributed by atoms with Gasteiger partial charge in [-0.2, -0.15) is 13.2 Å². The number of nitrogens with one attached hydrogen (secondary N) is 1. The number of amides is 1. The standard InChI is InChI=1S/C20H20ClF3N4O3/c1-28-11-10-26-18(28)19(30,20(22,23)24)8-9-25-16(29)6-7-17-27-12-15(31-17)13-2-4-14(21)5-3-13/h2-5,10-12,30H,6-9H2,1H3,(H,25,29). The van der Waals surface area contributed by atoms with Gasteiger partial charge in [0.05, 0.1) is 6.20 Å². The number of carbonyl (C=O) groups excluding carboxylic acids is 1. The molecule has 1 aromatic carbocycles. The molecule has 7 nitrogen and oxygen atoms in total. The lowest BCUT2D eigenvalue weighted by molar-refractivity contribution is -0.272. The first-order chi connectivity index (χ1) is 14.6. The smallest absolute Gasteiger partial charge is 0.424 e. The van der Waals surface area contributed by atoms with Gasteiger partial charge in [-0.1, -0.05) is 11.6 Å². The summed E-state index contributed by atoms with van der Waals surface area (Å²) < 4.78 is 47.1. The molecule has 0 radical (unpaired) electrons. The van der Waals surface area contributed by atoms with Crippen molar-refractivity contribution in [3.05, 3.63) is 59.6 Å². The summed E-state index contributed by atoms with van der Waals surface area (Å²) in [5.41, 5.74) is -2.40. The van der Waals surface area contributed by atoms with Crippen LogP contribution in [0.1, 0.15) is 24.6 Å². The number of aliphatic hydroxyl groups is 1. The fourth-order valence-electron chi connectivity index (χ4n) is 3.01. The lowest BCUT2D eigenvalue weighted by atomic mass is 9.97. The Morgan fingerprint density at radius 2 is 1.97 bits per heavy atom. The van der Waals surface area contributed by atoms with E-state index in [2.05, 4.69) is 15.3 Å². The first-order valence-electron chi connectivity index (χ1n) is 9.34. The van der Waals surface area contributed by atoms with Gasteiger partial charge < -0.3 is 19.4 Å².